The molecule has 31 heavy (non-hydrogen) atoms. The molecule has 4 rings (SSSR count). The van der Waals surface area contributed by atoms with E-state index in [1.807, 2.05) is 48.5 Å². The number of hydrogen-bond donors (Lipinski definition) is 1. The molecule has 152 valence electrons. The summed E-state index contributed by atoms with van der Waals surface area (Å²) in [7, 11) is 3.25. The summed E-state index contributed by atoms with van der Waals surface area (Å²) >= 11 is 0. The van der Waals surface area contributed by atoms with E-state index in [4.69, 9.17) is 15.2 Å². The van der Waals surface area contributed by atoms with Gasteiger partial charge in [-0.1, -0.05) is 30.3 Å². The summed E-state index contributed by atoms with van der Waals surface area (Å²) in [6.45, 7) is 0. The summed E-state index contributed by atoms with van der Waals surface area (Å²) in [5.74, 6) is 1.52. The number of ether oxygens (including phenoxy) is 2. The SMILES string of the molecule is COc1ccc(C=C2CCc3c2c(C#N)c(N)c(C#N)c3-c2ccc(OC)cc2)cc1. The zero-order chi connectivity index (χ0) is 22.0. The van der Waals surface area contributed by atoms with Crippen LogP contribution in [0.3, 0.4) is 0 Å². The van der Waals surface area contributed by atoms with E-state index in [0.717, 1.165) is 57.7 Å². The number of nitrogens with zero attached hydrogens (tertiary/aromatic N) is 2. The number of nitrogen functional groups attached to an aromatic ring is 1. The van der Waals surface area contributed by atoms with E-state index in [-0.39, 0.29) is 5.69 Å². The van der Waals surface area contributed by atoms with Crippen LogP contribution in [-0.2, 0) is 6.42 Å². The van der Waals surface area contributed by atoms with E-state index in [1.54, 1.807) is 14.2 Å². The molecular formula is C26H21N3O2. The number of methoxy groups -OCH3 is 2. The van der Waals surface area contributed by atoms with Crippen LogP contribution in [0.25, 0.3) is 22.8 Å². The third-order valence-corrected chi connectivity index (χ3v) is 5.67. The van der Waals surface area contributed by atoms with Gasteiger partial charge in [0.25, 0.3) is 0 Å². The minimum absolute atomic E-state index is 0.233. The molecule has 0 spiro atoms. The lowest BCUT2D eigenvalue weighted by Crippen LogP contribution is -2.04. The molecule has 0 aliphatic heterocycles. The van der Waals surface area contributed by atoms with E-state index in [2.05, 4.69) is 18.2 Å². The van der Waals surface area contributed by atoms with Crippen LogP contribution in [0, 0.1) is 22.7 Å². The molecule has 5 heteroatoms. The highest BCUT2D eigenvalue weighted by molar-refractivity contribution is 5.96. The summed E-state index contributed by atoms with van der Waals surface area (Å²) in [6, 6.07) is 19.8. The average molecular weight is 407 g/mol. The first-order chi connectivity index (χ1) is 15.1. The lowest BCUT2D eigenvalue weighted by molar-refractivity contribution is 0.414. The molecular weight excluding hydrogens is 386 g/mol. The van der Waals surface area contributed by atoms with Crippen LogP contribution in [0.2, 0.25) is 0 Å². The summed E-state index contributed by atoms with van der Waals surface area (Å²) < 4.78 is 10.5. The minimum atomic E-state index is 0.233. The van der Waals surface area contributed by atoms with Crippen molar-refractivity contribution in [2.45, 2.75) is 12.8 Å². The Hall–Kier alpha value is -4.22. The van der Waals surface area contributed by atoms with Gasteiger partial charge in [-0.15, -0.1) is 0 Å². The van der Waals surface area contributed by atoms with Crippen molar-refractivity contribution >= 4 is 17.3 Å². The Morgan fingerprint density at radius 1 is 0.806 bits per heavy atom. The van der Waals surface area contributed by atoms with Crippen LogP contribution in [0.1, 0.15) is 34.2 Å². The molecule has 0 unspecified atom stereocenters. The molecule has 0 saturated carbocycles. The zero-order valence-electron chi connectivity index (χ0n) is 17.4. The van der Waals surface area contributed by atoms with Crippen molar-refractivity contribution in [1.29, 1.82) is 10.5 Å². The molecule has 2 N–H and O–H groups in total. The van der Waals surface area contributed by atoms with Crippen molar-refractivity contribution in [2.75, 3.05) is 20.0 Å². The van der Waals surface area contributed by atoms with E-state index >= 15 is 0 Å². The number of hydrogen-bond acceptors (Lipinski definition) is 5. The summed E-state index contributed by atoms with van der Waals surface area (Å²) in [6.07, 6.45) is 3.59. The van der Waals surface area contributed by atoms with Gasteiger partial charge in [0.15, 0.2) is 0 Å². The smallest absolute Gasteiger partial charge is 0.118 e. The predicted molar refractivity (Wildman–Crippen MR) is 121 cm³/mol. The van der Waals surface area contributed by atoms with Gasteiger partial charge in [0.2, 0.25) is 0 Å². The number of nitrogens with two attached hydrogens (primary N) is 1. The van der Waals surface area contributed by atoms with Gasteiger partial charge in [-0.2, -0.15) is 10.5 Å². The highest BCUT2D eigenvalue weighted by Crippen LogP contribution is 2.46. The molecule has 0 radical (unpaired) electrons. The van der Waals surface area contributed by atoms with Gasteiger partial charge in [0.1, 0.15) is 23.6 Å². The van der Waals surface area contributed by atoms with Crippen LogP contribution in [0.5, 0.6) is 11.5 Å². The van der Waals surface area contributed by atoms with Crippen molar-refractivity contribution in [3.05, 3.63) is 76.3 Å². The van der Waals surface area contributed by atoms with Gasteiger partial charge in [-0.3, -0.25) is 0 Å². The predicted octanol–water partition coefficient (Wildman–Crippen LogP) is 5.18. The Kier molecular flexibility index (Phi) is 5.35. The second kappa shape index (κ2) is 8.26. The molecule has 1 aliphatic rings. The van der Waals surface area contributed by atoms with Crippen LogP contribution in [-0.4, -0.2) is 14.2 Å². The van der Waals surface area contributed by atoms with E-state index in [9.17, 15) is 10.5 Å². The second-order valence-electron chi connectivity index (χ2n) is 7.29. The number of nitriles is 2. The first kappa shape index (κ1) is 20.1. The van der Waals surface area contributed by atoms with E-state index in [1.165, 1.54) is 0 Å². The molecule has 0 fully saturated rings. The highest BCUT2D eigenvalue weighted by Gasteiger charge is 2.29. The third kappa shape index (κ3) is 3.47. The fourth-order valence-electron chi connectivity index (χ4n) is 4.16. The number of benzene rings is 3. The Morgan fingerprint density at radius 3 is 1.90 bits per heavy atom. The average Bonchev–Trinajstić information content (AvgIpc) is 3.22. The largest absolute Gasteiger partial charge is 0.497 e. The van der Waals surface area contributed by atoms with E-state index in [0.29, 0.717) is 11.1 Å². The summed E-state index contributed by atoms with van der Waals surface area (Å²) in [4.78, 5) is 0. The molecule has 3 aromatic rings. The van der Waals surface area contributed by atoms with Crippen LogP contribution < -0.4 is 15.2 Å². The van der Waals surface area contributed by atoms with Crippen LogP contribution >= 0.6 is 0 Å². The Bertz CT molecular complexity index is 1260. The third-order valence-electron chi connectivity index (χ3n) is 5.67. The molecule has 0 atom stereocenters. The normalized spacial score (nSPS) is 13.4. The monoisotopic (exact) mass is 407 g/mol. The highest BCUT2D eigenvalue weighted by atomic mass is 16.5. The van der Waals surface area contributed by atoms with Crippen molar-refractivity contribution in [2.24, 2.45) is 0 Å². The molecule has 0 saturated heterocycles. The molecule has 5 nitrogen and oxygen atoms in total. The fourth-order valence-corrected chi connectivity index (χ4v) is 4.16. The maximum atomic E-state index is 9.88. The van der Waals surface area contributed by atoms with Crippen molar-refractivity contribution in [1.82, 2.24) is 0 Å². The number of anilines is 1. The number of fused-ring (bicyclic) bond motifs is 1. The molecule has 3 aromatic carbocycles. The zero-order valence-corrected chi connectivity index (χ0v) is 17.4. The second-order valence-corrected chi connectivity index (χ2v) is 7.29. The van der Waals surface area contributed by atoms with Gasteiger partial charge in [-0.25, -0.2) is 0 Å². The minimum Gasteiger partial charge on any atom is -0.497 e. The van der Waals surface area contributed by atoms with Crippen molar-refractivity contribution in [3.8, 4) is 34.8 Å². The summed E-state index contributed by atoms with van der Waals surface area (Å²) in [5.41, 5.74) is 12.9. The fraction of sp³-hybridized carbons (Fsp3) is 0.154. The number of rotatable bonds is 4. The Balaban J connectivity index is 1.93. The molecule has 0 bridgehead atoms. The molecule has 0 heterocycles. The van der Waals surface area contributed by atoms with Crippen LogP contribution in [0.4, 0.5) is 5.69 Å². The maximum absolute atomic E-state index is 9.88. The molecule has 1 aliphatic carbocycles. The molecule has 0 amide bonds. The van der Waals surface area contributed by atoms with Crippen molar-refractivity contribution in [3.63, 3.8) is 0 Å². The Morgan fingerprint density at radius 2 is 1.35 bits per heavy atom. The topological polar surface area (TPSA) is 92.1 Å². The molecule has 0 aromatic heterocycles. The lowest BCUT2D eigenvalue weighted by Gasteiger charge is -2.16. The lowest BCUT2D eigenvalue weighted by atomic mass is 9.87. The number of allylic oxidation sites excluding steroid dienone is 1. The van der Waals surface area contributed by atoms with Crippen molar-refractivity contribution < 1.29 is 9.47 Å². The quantitative estimate of drug-likeness (QED) is 0.601. The summed E-state index contributed by atoms with van der Waals surface area (Å²) in [5, 5.41) is 19.8. The standard InChI is InChI=1S/C26H21N3O2/c1-30-19-8-3-16(4-9-19)13-18-7-12-21-24(17-5-10-20(31-2)11-6-17)22(14-27)26(29)23(15-28)25(18)21/h3-6,8-11,13H,7,12,29H2,1-2H3. The van der Waals surface area contributed by atoms with Gasteiger partial charge < -0.3 is 15.2 Å². The first-order valence-corrected chi connectivity index (χ1v) is 9.89. The maximum Gasteiger partial charge on any atom is 0.118 e. The van der Waals surface area contributed by atoms with Gasteiger partial charge in [-0.05, 0) is 59.4 Å². The Labute approximate surface area is 181 Å². The van der Waals surface area contributed by atoms with Crippen LogP contribution in [0.15, 0.2) is 48.5 Å². The van der Waals surface area contributed by atoms with Gasteiger partial charge >= 0.3 is 0 Å². The van der Waals surface area contributed by atoms with Gasteiger partial charge in [0, 0.05) is 11.1 Å². The first-order valence-electron chi connectivity index (χ1n) is 9.89. The van der Waals surface area contributed by atoms with E-state index < -0.39 is 0 Å². The van der Waals surface area contributed by atoms with Gasteiger partial charge in [0.05, 0.1) is 31.0 Å².